The van der Waals surface area contributed by atoms with Crippen LogP contribution in [0.5, 0.6) is 0 Å². The van der Waals surface area contributed by atoms with Crippen LogP contribution in [0.4, 0.5) is 0 Å². The van der Waals surface area contributed by atoms with Gasteiger partial charge in [0.2, 0.25) is 0 Å². The van der Waals surface area contributed by atoms with Crippen molar-refractivity contribution in [2.24, 2.45) is 0 Å². The zero-order valence-corrected chi connectivity index (χ0v) is 36.3. The topological polar surface area (TPSA) is 74.8 Å². The molecule has 0 radical (unpaired) electrons. The zero-order valence-electron chi connectivity index (χ0n) is 33.4. The summed E-state index contributed by atoms with van der Waals surface area (Å²) in [4.78, 5) is 53.6. The molecule has 0 N–H and O–H groups in total. The summed E-state index contributed by atoms with van der Waals surface area (Å²) >= 11 is -2.48. The van der Waals surface area contributed by atoms with Crippen molar-refractivity contribution in [3.05, 3.63) is 80.4 Å². The molecule has 0 atom stereocenters. The maximum atomic E-state index is 12.7. The minimum absolute atomic E-state index is 0.133. The van der Waals surface area contributed by atoms with Gasteiger partial charge in [0.25, 0.3) is 0 Å². The first-order valence-corrected chi connectivity index (χ1v) is 29.0. The quantitative estimate of drug-likeness (QED) is 0.0486. The minimum atomic E-state index is -2.48. The first-order valence-electron chi connectivity index (χ1n) is 21.5. The molecule has 2 aliphatic rings. The third-order valence-electron chi connectivity index (χ3n) is 11.8. The fraction of sp³-hybridized carbons (Fsp3) is 0.609. The van der Waals surface area contributed by atoms with Crippen molar-refractivity contribution >= 4 is 42.0 Å². The summed E-state index contributed by atoms with van der Waals surface area (Å²) in [7, 11) is 0. The molecule has 0 aliphatic carbocycles. The van der Waals surface area contributed by atoms with Crippen molar-refractivity contribution in [1.82, 2.24) is 9.80 Å². The van der Waals surface area contributed by atoms with E-state index in [4.69, 9.17) is 0 Å². The Morgan fingerprint density at radius 3 is 1.19 bits per heavy atom. The van der Waals surface area contributed by atoms with Crippen LogP contribution in [0.3, 0.4) is 0 Å². The second kappa shape index (κ2) is 23.2. The van der Waals surface area contributed by atoms with Gasteiger partial charge in [0.05, 0.1) is 11.1 Å². The van der Waals surface area contributed by atoms with Gasteiger partial charge in [-0.1, -0.05) is 24.3 Å². The van der Waals surface area contributed by atoms with E-state index < -0.39 is 18.4 Å². The molecule has 0 saturated heterocycles. The molecule has 2 aromatic rings. The Morgan fingerprint density at radius 1 is 0.472 bits per heavy atom. The number of imide groups is 2. The first-order chi connectivity index (χ1) is 25.9. The summed E-state index contributed by atoms with van der Waals surface area (Å²) in [5, 5.41) is 0. The summed E-state index contributed by atoms with van der Waals surface area (Å²) in [6.45, 7) is 8.16. The number of nitrogens with zero attached hydrogens (tertiary/aromatic N) is 2. The van der Waals surface area contributed by atoms with Gasteiger partial charge < -0.3 is 0 Å². The standard InChI is InChI=1S/C34H41N2O4.3C4H9.Sn/c37-31-27-21-15-16-22-28(27)32(38)35(31)25-19-13-11-9-7-5-3-1-2-4-6-8-10-12-14-20-26-36-33(39)29-23-17-18-24-30(29)34(36)40;3*1-3-4-2;/h1,15-18,21-24H,3-14,19-20,25-26H2;3*1,3-4H2,2H3;. The number of fused-ring (bicyclic) bond motifs is 2. The molecule has 53 heavy (non-hydrogen) atoms. The molecule has 0 saturated carbocycles. The molecule has 2 aromatic carbocycles. The Hall–Kier alpha value is -2.74. The summed E-state index contributed by atoms with van der Waals surface area (Å²) < 4.78 is 6.55. The second-order valence-electron chi connectivity index (χ2n) is 15.7. The second-order valence-corrected chi connectivity index (χ2v) is 29.1. The summed E-state index contributed by atoms with van der Waals surface area (Å²) in [5.74, 6) is -0.537. The van der Waals surface area contributed by atoms with Gasteiger partial charge in [0.1, 0.15) is 0 Å². The average molecular weight is 832 g/mol. The molecule has 290 valence electrons. The van der Waals surface area contributed by atoms with E-state index in [1.54, 1.807) is 24.3 Å². The molecule has 2 heterocycles. The van der Waals surface area contributed by atoms with Crippen molar-refractivity contribution in [3.8, 4) is 0 Å². The summed E-state index contributed by atoms with van der Waals surface area (Å²) in [6, 6.07) is 14.4. The molecule has 0 fully saturated rings. The molecule has 6 nitrogen and oxygen atoms in total. The van der Waals surface area contributed by atoms with Crippen molar-refractivity contribution in [3.63, 3.8) is 0 Å². The van der Waals surface area contributed by atoms with Gasteiger partial charge in [0.15, 0.2) is 0 Å². The Kier molecular flexibility index (Phi) is 18.9. The Bertz CT molecular complexity index is 1420. The molecule has 4 amide bonds. The normalized spacial score (nSPS) is 14.5. The predicted octanol–water partition coefficient (Wildman–Crippen LogP) is 12.4. The fourth-order valence-electron chi connectivity index (χ4n) is 8.56. The van der Waals surface area contributed by atoms with E-state index >= 15 is 0 Å². The van der Waals surface area contributed by atoms with E-state index in [-0.39, 0.29) is 23.6 Å². The van der Waals surface area contributed by atoms with Crippen LogP contribution in [-0.2, 0) is 0 Å². The van der Waals surface area contributed by atoms with Crippen LogP contribution in [-0.4, -0.2) is 64.9 Å². The maximum absolute atomic E-state index is 12.7. The van der Waals surface area contributed by atoms with Crippen LogP contribution in [0.1, 0.15) is 191 Å². The molecule has 2 aliphatic heterocycles. The number of hydrogen-bond acceptors (Lipinski definition) is 4. The molecule has 0 unspecified atom stereocenters. The zero-order chi connectivity index (χ0) is 37.9. The third kappa shape index (κ3) is 12.1. The van der Waals surface area contributed by atoms with Crippen molar-refractivity contribution in [2.75, 3.05) is 13.1 Å². The number of allylic oxidation sites excluding steroid dienone is 2. The molecule has 7 heteroatoms. The van der Waals surface area contributed by atoms with Gasteiger partial charge in [-0.25, -0.2) is 0 Å². The van der Waals surface area contributed by atoms with Gasteiger partial charge in [-0.2, -0.15) is 0 Å². The van der Waals surface area contributed by atoms with Gasteiger partial charge in [-0.05, 0) is 24.3 Å². The van der Waals surface area contributed by atoms with Crippen molar-refractivity contribution in [1.29, 1.82) is 0 Å². The van der Waals surface area contributed by atoms with Gasteiger partial charge in [-0.15, -0.1) is 0 Å². The summed E-state index contributed by atoms with van der Waals surface area (Å²) in [5.41, 5.74) is 2.20. The van der Waals surface area contributed by atoms with Crippen LogP contribution >= 0.6 is 0 Å². The number of amides is 4. The Balaban J connectivity index is 1.20. The monoisotopic (exact) mass is 832 g/mol. The molecular weight excluding hydrogens is 763 g/mol. The SMILES string of the molecule is CCC[CH2][Sn]([CH2]CCC)([CH2]CCC)/[C](=C\CCCCCCCCN1C(=O)c2ccccc2C1=O)CCCCCCCCN1C(=O)c2ccccc2C1=O. The van der Waals surface area contributed by atoms with E-state index in [2.05, 4.69) is 26.8 Å². The Morgan fingerprint density at radius 2 is 0.811 bits per heavy atom. The fourth-order valence-corrected chi connectivity index (χ4v) is 25.9. The van der Waals surface area contributed by atoms with Gasteiger partial charge in [-0.3, -0.25) is 9.59 Å². The number of unbranched alkanes of at least 4 members (excludes halogenated alkanes) is 14. The van der Waals surface area contributed by atoms with Crippen LogP contribution in [0.2, 0.25) is 13.3 Å². The Labute approximate surface area is 325 Å². The number of hydrogen-bond donors (Lipinski definition) is 0. The van der Waals surface area contributed by atoms with E-state index in [0.29, 0.717) is 35.3 Å². The average Bonchev–Trinajstić information content (AvgIpc) is 3.57. The van der Waals surface area contributed by atoms with Crippen molar-refractivity contribution in [2.45, 2.75) is 162 Å². The molecule has 4 rings (SSSR count). The van der Waals surface area contributed by atoms with Crippen LogP contribution < -0.4 is 0 Å². The summed E-state index contributed by atoms with van der Waals surface area (Å²) in [6.07, 6.45) is 27.1. The first kappa shape index (κ1) is 43.0. The number of carbonyl (C=O) groups excluding carboxylic acids is 4. The molecular formula is C46H68N2O4Sn. The van der Waals surface area contributed by atoms with E-state index in [1.165, 1.54) is 113 Å². The van der Waals surface area contributed by atoms with E-state index in [0.717, 1.165) is 38.5 Å². The number of rotatable bonds is 28. The van der Waals surface area contributed by atoms with Gasteiger partial charge in [0, 0.05) is 0 Å². The molecule has 0 spiro atoms. The van der Waals surface area contributed by atoms with E-state index in [1.807, 2.05) is 27.9 Å². The van der Waals surface area contributed by atoms with Gasteiger partial charge >= 0.3 is 258 Å². The third-order valence-corrected chi connectivity index (χ3v) is 28.2. The van der Waals surface area contributed by atoms with Crippen LogP contribution in [0, 0.1) is 0 Å². The van der Waals surface area contributed by atoms with Crippen LogP contribution in [0.15, 0.2) is 58.2 Å². The number of benzene rings is 2. The molecule has 0 aromatic heterocycles. The molecule has 0 bridgehead atoms. The van der Waals surface area contributed by atoms with E-state index in [9.17, 15) is 19.2 Å². The number of carbonyl (C=O) groups is 4. The predicted molar refractivity (Wildman–Crippen MR) is 221 cm³/mol. The van der Waals surface area contributed by atoms with Crippen LogP contribution in [0.25, 0.3) is 0 Å². The van der Waals surface area contributed by atoms with Crippen molar-refractivity contribution < 1.29 is 19.2 Å².